The maximum absolute atomic E-state index is 3.59. The van der Waals surface area contributed by atoms with Crippen LogP contribution in [-0.4, -0.2) is 30.6 Å². The molecule has 2 atom stereocenters. The van der Waals surface area contributed by atoms with Crippen LogP contribution in [-0.2, 0) is 0 Å². The first-order chi connectivity index (χ1) is 8.68. The SMILES string of the molecule is CC(CCCNC1CC1)N(C)C(C)c1cccs1. The highest BCUT2D eigenvalue weighted by atomic mass is 32.1. The lowest BCUT2D eigenvalue weighted by molar-refractivity contribution is 0.188. The molecular formula is C15H26N2S. The maximum atomic E-state index is 3.59. The zero-order valence-corrected chi connectivity index (χ0v) is 12.7. The van der Waals surface area contributed by atoms with E-state index in [0.29, 0.717) is 12.1 Å². The van der Waals surface area contributed by atoms with Crippen molar-refractivity contribution in [3.63, 3.8) is 0 Å². The highest BCUT2D eigenvalue weighted by Gasteiger charge is 2.20. The van der Waals surface area contributed by atoms with Gasteiger partial charge in [0.1, 0.15) is 0 Å². The van der Waals surface area contributed by atoms with E-state index in [0.717, 1.165) is 6.04 Å². The molecule has 1 aromatic heterocycles. The van der Waals surface area contributed by atoms with Crippen LogP contribution in [0.4, 0.5) is 0 Å². The molecule has 0 aliphatic heterocycles. The Labute approximate surface area is 115 Å². The molecule has 1 aliphatic carbocycles. The van der Waals surface area contributed by atoms with Gasteiger partial charge in [0.05, 0.1) is 0 Å². The fraction of sp³-hybridized carbons (Fsp3) is 0.733. The minimum atomic E-state index is 0.538. The van der Waals surface area contributed by atoms with Crippen LogP contribution in [0.15, 0.2) is 17.5 Å². The number of thiophene rings is 1. The van der Waals surface area contributed by atoms with Crippen LogP contribution in [0.2, 0.25) is 0 Å². The van der Waals surface area contributed by atoms with Gasteiger partial charge in [-0.15, -0.1) is 11.3 Å². The lowest BCUT2D eigenvalue weighted by Crippen LogP contribution is -2.32. The quantitative estimate of drug-likeness (QED) is 0.722. The zero-order valence-electron chi connectivity index (χ0n) is 11.9. The van der Waals surface area contributed by atoms with Crippen molar-refractivity contribution in [2.24, 2.45) is 0 Å². The van der Waals surface area contributed by atoms with Crippen molar-refractivity contribution < 1.29 is 0 Å². The van der Waals surface area contributed by atoms with E-state index in [1.165, 1.54) is 37.1 Å². The summed E-state index contributed by atoms with van der Waals surface area (Å²) in [6.45, 7) is 5.85. The lowest BCUT2D eigenvalue weighted by Gasteiger charge is -2.30. The van der Waals surface area contributed by atoms with Crippen LogP contribution in [0, 0.1) is 0 Å². The molecule has 0 bridgehead atoms. The van der Waals surface area contributed by atoms with Crippen molar-refractivity contribution in [3.8, 4) is 0 Å². The average Bonchev–Trinajstić information content (AvgIpc) is 3.03. The smallest absolute Gasteiger partial charge is 0.0413 e. The van der Waals surface area contributed by atoms with Gasteiger partial charge in [0, 0.05) is 23.0 Å². The normalized spacial score (nSPS) is 19.1. The summed E-state index contributed by atoms with van der Waals surface area (Å²) in [6, 6.07) is 6.43. The molecule has 0 amide bonds. The van der Waals surface area contributed by atoms with Gasteiger partial charge in [0.2, 0.25) is 0 Å². The van der Waals surface area contributed by atoms with Crippen LogP contribution >= 0.6 is 11.3 Å². The molecule has 1 fully saturated rings. The third-order valence-electron chi connectivity index (χ3n) is 4.07. The van der Waals surface area contributed by atoms with Crippen LogP contribution in [0.3, 0.4) is 0 Å². The van der Waals surface area contributed by atoms with Crippen molar-refractivity contribution in [1.82, 2.24) is 10.2 Å². The first kappa shape index (κ1) is 14.0. The molecule has 2 nitrogen and oxygen atoms in total. The second kappa shape index (κ2) is 6.69. The molecule has 0 saturated heterocycles. The molecule has 102 valence electrons. The van der Waals surface area contributed by atoms with Gasteiger partial charge < -0.3 is 5.32 Å². The topological polar surface area (TPSA) is 15.3 Å². The Kier molecular flexibility index (Phi) is 5.22. The van der Waals surface area contributed by atoms with Gasteiger partial charge in [-0.25, -0.2) is 0 Å². The Hall–Kier alpha value is -0.380. The van der Waals surface area contributed by atoms with Gasteiger partial charge >= 0.3 is 0 Å². The highest BCUT2D eigenvalue weighted by Crippen LogP contribution is 2.26. The van der Waals surface area contributed by atoms with Crippen molar-refractivity contribution in [2.45, 2.75) is 57.7 Å². The summed E-state index contributed by atoms with van der Waals surface area (Å²) in [7, 11) is 2.25. The summed E-state index contributed by atoms with van der Waals surface area (Å²) >= 11 is 1.86. The van der Waals surface area contributed by atoms with Crippen LogP contribution < -0.4 is 5.32 Å². The van der Waals surface area contributed by atoms with E-state index >= 15 is 0 Å². The Balaban J connectivity index is 1.68. The van der Waals surface area contributed by atoms with Crippen LogP contribution in [0.25, 0.3) is 0 Å². The van der Waals surface area contributed by atoms with E-state index in [1.807, 2.05) is 11.3 Å². The van der Waals surface area contributed by atoms with Gasteiger partial charge in [-0.1, -0.05) is 6.07 Å². The molecule has 2 rings (SSSR count). The van der Waals surface area contributed by atoms with Gasteiger partial charge in [-0.3, -0.25) is 4.90 Å². The van der Waals surface area contributed by atoms with E-state index in [-0.39, 0.29) is 0 Å². The summed E-state index contributed by atoms with van der Waals surface area (Å²) in [5.41, 5.74) is 0. The first-order valence-electron chi connectivity index (χ1n) is 7.17. The number of rotatable bonds is 8. The third kappa shape index (κ3) is 4.08. The Morgan fingerprint density at radius 3 is 2.83 bits per heavy atom. The predicted molar refractivity (Wildman–Crippen MR) is 80.2 cm³/mol. The molecule has 2 unspecified atom stereocenters. The predicted octanol–water partition coefficient (Wildman–Crippen LogP) is 3.66. The molecule has 0 radical (unpaired) electrons. The lowest BCUT2D eigenvalue weighted by atomic mass is 10.1. The van der Waals surface area contributed by atoms with Gasteiger partial charge in [-0.05, 0) is 64.6 Å². The number of nitrogens with zero attached hydrogens (tertiary/aromatic N) is 1. The molecule has 0 spiro atoms. The fourth-order valence-corrected chi connectivity index (χ4v) is 3.14. The van der Waals surface area contributed by atoms with E-state index in [2.05, 4.69) is 48.6 Å². The molecule has 1 heterocycles. The van der Waals surface area contributed by atoms with E-state index in [9.17, 15) is 0 Å². The maximum Gasteiger partial charge on any atom is 0.0413 e. The third-order valence-corrected chi connectivity index (χ3v) is 5.11. The van der Waals surface area contributed by atoms with Crippen LogP contribution in [0.1, 0.15) is 50.4 Å². The Morgan fingerprint density at radius 2 is 2.22 bits per heavy atom. The molecule has 1 saturated carbocycles. The number of hydrogen-bond donors (Lipinski definition) is 1. The van der Waals surface area contributed by atoms with Crippen LogP contribution in [0.5, 0.6) is 0 Å². The second-order valence-electron chi connectivity index (χ2n) is 5.58. The van der Waals surface area contributed by atoms with Gasteiger partial charge in [0.25, 0.3) is 0 Å². The number of nitrogens with one attached hydrogen (secondary N) is 1. The molecule has 1 N–H and O–H groups in total. The zero-order chi connectivity index (χ0) is 13.0. The van der Waals surface area contributed by atoms with Crippen molar-refractivity contribution in [3.05, 3.63) is 22.4 Å². The summed E-state index contributed by atoms with van der Waals surface area (Å²) in [6.07, 6.45) is 5.36. The summed E-state index contributed by atoms with van der Waals surface area (Å²) in [5, 5.41) is 5.76. The molecule has 0 aromatic carbocycles. The molecule has 3 heteroatoms. The minimum absolute atomic E-state index is 0.538. The molecular weight excluding hydrogens is 240 g/mol. The van der Waals surface area contributed by atoms with E-state index < -0.39 is 0 Å². The summed E-state index contributed by atoms with van der Waals surface area (Å²) in [4.78, 5) is 3.98. The Bertz CT molecular complexity index is 332. The molecule has 18 heavy (non-hydrogen) atoms. The molecule has 1 aliphatic rings. The summed E-state index contributed by atoms with van der Waals surface area (Å²) < 4.78 is 0. The largest absolute Gasteiger partial charge is 0.314 e. The average molecular weight is 266 g/mol. The van der Waals surface area contributed by atoms with Crippen molar-refractivity contribution in [2.75, 3.05) is 13.6 Å². The highest BCUT2D eigenvalue weighted by molar-refractivity contribution is 7.10. The van der Waals surface area contributed by atoms with Gasteiger partial charge in [0.15, 0.2) is 0 Å². The van der Waals surface area contributed by atoms with Crippen molar-refractivity contribution >= 4 is 11.3 Å². The minimum Gasteiger partial charge on any atom is -0.314 e. The van der Waals surface area contributed by atoms with E-state index in [4.69, 9.17) is 0 Å². The first-order valence-corrected chi connectivity index (χ1v) is 8.05. The van der Waals surface area contributed by atoms with E-state index in [1.54, 1.807) is 0 Å². The standard InChI is InChI=1S/C15H26N2S/c1-12(6-4-10-16-14-8-9-14)17(3)13(2)15-7-5-11-18-15/h5,7,11-14,16H,4,6,8-10H2,1-3H3. The Morgan fingerprint density at radius 1 is 1.44 bits per heavy atom. The second-order valence-corrected chi connectivity index (χ2v) is 6.56. The monoisotopic (exact) mass is 266 g/mol. The molecule has 1 aromatic rings. The summed E-state index contributed by atoms with van der Waals surface area (Å²) in [5.74, 6) is 0. The number of hydrogen-bond acceptors (Lipinski definition) is 3. The van der Waals surface area contributed by atoms with Crippen molar-refractivity contribution in [1.29, 1.82) is 0 Å². The van der Waals surface area contributed by atoms with Gasteiger partial charge in [-0.2, -0.15) is 0 Å². The fourth-order valence-electron chi connectivity index (χ4n) is 2.31.